The van der Waals surface area contributed by atoms with Crippen molar-refractivity contribution in [2.45, 2.75) is 38.6 Å². The van der Waals surface area contributed by atoms with Gasteiger partial charge in [-0.15, -0.1) is 0 Å². The van der Waals surface area contributed by atoms with Crippen molar-refractivity contribution in [1.82, 2.24) is 15.1 Å². The van der Waals surface area contributed by atoms with Crippen LogP contribution >= 0.6 is 0 Å². The Morgan fingerprint density at radius 3 is 2.22 bits per heavy atom. The van der Waals surface area contributed by atoms with Gasteiger partial charge in [0.05, 0.1) is 4.92 Å². The Labute approximate surface area is 210 Å². The largest absolute Gasteiger partial charge is 0.362 e. The minimum atomic E-state index is -1.25. The Morgan fingerprint density at radius 2 is 1.64 bits per heavy atom. The van der Waals surface area contributed by atoms with E-state index in [-0.39, 0.29) is 23.6 Å². The van der Waals surface area contributed by atoms with Crippen molar-refractivity contribution in [3.63, 3.8) is 0 Å². The highest BCUT2D eigenvalue weighted by molar-refractivity contribution is 6.09. The summed E-state index contributed by atoms with van der Waals surface area (Å²) in [7, 11) is 0. The normalized spacial score (nSPS) is 20.5. The Bertz CT molecular complexity index is 1200. The number of anilines is 1. The fourth-order valence-electron chi connectivity index (χ4n) is 4.66. The molecular weight excluding hydrogens is 462 g/mol. The molecule has 2 aliphatic rings. The third-order valence-corrected chi connectivity index (χ3v) is 6.95. The summed E-state index contributed by atoms with van der Waals surface area (Å²) in [6, 6.07) is 13.5. The van der Waals surface area contributed by atoms with Crippen LogP contribution in [0.25, 0.3) is 0 Å². The van der Waals surface area contributed by atoms with Crippen LogP contribution < -0.4 is 10.2 Å². The van der Waals surface area contributed by atoms with E-state index in [0.29, 0.717) is 37.4 Å². The number of rotatable bonds is 5. The van der Waals surface area contributed by atoms with Gasteiger partial charge in [-0.2, -0.15) is 0 Å². The van der Waals surface area contributed by atoms with E-state index in [1.165, 1.54) is 6.07 Å². The standard InChI is InChI=1S/C26H31N5O5/c1-25(2,3)18-9-11-19(12-10-18)26(4)23(33)30(24(34)27-26)17-22(32)29-15-13-28(14-16-29)20-7-5-6-8-21(20)31(35)36/h5-12H,13-17H2,1-4H3,(H,27,34). The van der Waals surface area contributed by atoms with Crippen LogP contribution in [0.15, 0.2) is 48.5 Å². The minimum Gasteiger partial charge on any atom is -0.362 e. The average molecular weight is 494 g/mol. The predicted octanol–water partition coefficient (Wildman–Crippen LogP) is 3.01. The molecule has 10 nitrogen and oxygen atoms in total. The van der Waals surface area contributed by atoms with Gasteiger partial charge in [-0.3, -0.25) is 24.6 Å². The first-order valence-electron chi connectivity index (χ1n) is 11.9. The average Bonchev–Trinajstić information content (AvgIpc) is 3.07. The number of amides is 4. The zero-order valence-corrected chi connectivity index (χ0v) is 21.0. The molecule has 0 aliphatic carbocycles. The predicted molar refractivity (Wildman–Crippen MR) is 135 cm³/mol. The van der Waals surface area contributed by atoms with Gasteiger partial charge in [-0.25, -0.2) is 4.79 Å². The van der Waals surface area contributed by atoms with Gasteiger partial charge in [-0.05, 0) is 29.5 Å². The van der Waals surface area contributed by atoms with Crippen molar-refractivity contribution in [2.75, 3.05) is 37.6 Å². The summed E-state index contributed by atoms with van der Waals surface area (Å²) in [6.07, 6.45) is 0. The molecule has 2 heterocycles. The summed E-state index contributed by atoms with van der Waals surface area (Å²) in [5.41, 5.74) is 0.999. The van der Waals surface area contributed by atoms with Crippen molar-refractivity contribution >= 4 is 29.2 Å². The number of nitro benzene ring substituents is 1. The number of nitrogens with zero attached hydrogens (tertiary/aromatic N) is 4. The number of imide groups is 1. The number of carbonyl (C=O) groups excluding carboxylic acids is 3. The van der Waals surface area contributed by atoms with Crippen LogP contribution in [0.3, 0.4) is 0 Å². The lowest BCUT2D eigenvalue weighted by molar-refractivity contribution is -0.384. The molecule has 1 unspecified atom stereocenters. The Balaban J connectivity index is 1.41. The van der Waals surface area contributed by atoms with Crippen LogP contribution in [0.5, 0.6) is 0 Å². The second-order valence-corrected chi connectivity index (χ2v) is 10.4. The van der Waals surface area contributed by atoms with Crippen LogP contribution in [-0.4, -0.2) is 65.3 Å². The summed E-state index contributed by atoms with van der Waals surface area (Å²) in [4.78, 5) is 54.3. The third kappa shape index (κ3) is 4.62. The highest BCUT2D eigenvalue weighted by Gasteiger charge is 2.49. The van der Waals surface area contributed by atoms with Crippen LogP contribution in [0, 0.1) is 10.1 Å². The molecule has 1 atom stereocenters. The monoisotopic (exact) mass is 493 g/mol. The number of nitrogens with one attached hydrogen (secondary N) is 1. The number of carbonyl (C=O) groups is 3. The van der Waals surface area contributed by atoms with Crippen molar-refractivity contribution < 1.29 is 19.3 Å². The molecule has 0 aromatic heterocycles. The molecule has 36 heavy (non-hydrogen) atoms. The lowest BCUT2D eigenvalue weighted by Crippen LogP contribution is -2.52. The maximum absolute atomic E-state index is 13.3. The lowest BCUT2D eigenvalue weighted by atomic mass is 9.84. The van der Waals surface area contributed by atoms with Gasteiger partial charge in [0.1, 0.15) is 17.8 Å². The molecule has 0 spiro atoms. The van der Waals surface area contributed by atoms with Crippen molar-refractivity contribution in [1.29, 1.82) is 0 Å². The number of piperazine rings is 1. The van der Waals surface area contributed by atoms with Gasteiger partial charge in [0.15, 0.2) is 0 Å². The molecule has 2 fully saturated rings. The van der Waals surface area contributed by atoms with E-state index in [1.807, 2.05) is 29.2 Å². The molecule has 0 bridgehead atoms. The smallest absolute Gasteiger partial charge is 0.325 e. The van der Waals surface area contributed by atoms with Gasteiger partial charge in [0, 0.05) is 32.2 Å². The number of urea groups is 1. The van der Waals surface area contributed by atoms with E-state index in [2.05, 4.69) is 26.1 Å². The molecule has 0 saturated carbocycles. The number of hydrogen-bond acceptors (Lipinski definition) is 6. The summed E-state index contributed by atoms with van der Waals surface area (Å²) < 4.78 is 0. The number of hydrogen-bond donors (Lipinski definition) is 1. The minimum absolute atomic E-state index is 0.0198. The molecule has 4 amide bonds. The van der Waals surface area contributed by atoms with Crippen LogP contribution in [0.1, 0.15) is 38.8 Å². The Kier molecular flexibility index (Phi) is 6.46. The quantitative estimate of drug-likeness (QED) is 0.389. The van der Waals surface area contributed by atoms with Gasteiger partial charge >= 0.3 is 6.03 Å². The van der Waals surface area contributed by atoms with E-state index in [1.54, 1.807) is 30.0 Å². The zero-order valence-electron chi connectivity index (χ0n) is 21.0. The summed E-state index contributed by atoms with van der Waals surface area (Å²) in [5, 5.41) is 14.1. The maximum atomic E-state index is 13.3. The SMILES string of the molecule is CC(C)(C)c1ccc(C2(C)NC(=O)N(CC(=O)N3CCN(c4ccccc4[N+](=O)[O-])CC3)C2=O)cc1. The number of para-hydroxylation sites is 2. The first-order valence-corrected chi connectivity index (χ1v) is 11.9. The van der Waals surface area contributed by atoms with E-state index in [9.17, 15) is 24.5 Å². The van der Waals surface area contributed by atoms with Crippen LogP contribution in [0.2, 0.25) is 0 Å². The number of benzene rings is 2. The first-order chi connectivity index (χ1) is 16.9. The van der Waals surface area contributed by atoms with Crippen molar-refractivity contribution in [3.8, 4) is 0 Å². The summed E-state index contributed by atoms with van der Waals surface area (Å²) >= 11 is 0. The molecular formula is C26H31N5O5. The zero-order chi connectivity index (χ0) is 26.3. The molecule has 2 aliphatic heterocycles. The molecule has 0 radical (unpaired) electrons. The Hall–Kier alpha value is -3.95. The van der Waals surface area contributed by atoms with E-state index >= 15 is 0 Å². The van der Waals surface area contributed by atoms with Gasteiger partial charge in [0.2, 0.25) is 5.91 Å². The highest BCUT2D eigenvalue weighted by Crippen LogP contribution is 2.32. The van der Waals surface area contributed by atoms with Crippen molar-refractivity contribution in [3.05, 3.63) is 69.8 Å². The highest BCUT2D eigenvalue weighted by atomic mass is 16.6. The fourth-order valence-corrected chi connectivity index (χ4v) is 4.66. The van der Waals surface area contributed by atoms with Crippen LogP contribution in [-0.2, 0) is 20.5 Å². The van der Waals surface area contributed by atoms with Gasteiger partial charge in [0.25, 0.3) is 11.6 Å². The molecule has 190 valence electrons. The van der Waals surface area contributed by atoms with Crippen LogP contribution in [0.4, 0.5) is 16.2 Å². The Morgan fingerprint density at radius 1 is 1.03 bits per heavy atom. The molecule has 1 N–H and O–H groups in total. The third-order valence-electron chi connectivity index (χ3n) is 6.95. The van der Waals surface area contributed by atoms with E-state index in [4.69, 9.17) is 0 Å². The molecule has 10 heteroatoms. The molecule has 2 aromatic carbocycles. The molecule has 2 saturated heterocycles. The molecule has 4 rings (SSSR count). The van der Waals surface area contributed by atoms with E-state index in [0.717, 1.165) is 10.5 Å². The maximum Gasteiger partial charge on any atom is 0.325 e. The molecule has 2 aromatic rings. The lowest BCUT2D eigenvalue weighted by Gasteiger charge is -2.36. The first kappa shape index (κ1) is 25.2. The topological polar surface area (TPSA) is 116 Å². The second kappa shape index (κ2) is 9.25. The van der Waals surface area contributed by atoms with E-state index < -0.39 is 22.4 Å². The van der Waals surface area contributed by atoms with Crippen molar-refractivity contribution in [2.24, 2.45) is 0 Å². The second-order valence-electron chi connectivity index (χ2n) is 10.4. The van der Waals surface area contributed by atoms with Gasteiger partial charge < -0.3 is 15.1 Å². The summed E-state index contributed by atoms with van der Waals surface area (Å²) in [5.74, 6) is -0.809. The number of nitro groups is 1. The summed E-state index contributed by atoms with van der Waals surface area (Å²) in [6.45, 7) is 9.08. The van der Waals surface area contributed by atoms with Gasteiger partial charge in [-0.1, -0.05) is 57.2 Å². The fraction of sp³-hybridized carbons (Fsp3) is 0.423.